The van der Waals surface area contributed by atoms with E-state index in [-0.39, 0.29) is 6.42 Å². The number of aromatic nitrogens is 1. The van der Waals surface area contributed by atoms with E-state index in [1.54, 1.807) is 32.4 Å². The van der Waals surface area contributed by atoms with Gasteiger partial charge >= 0.3 is 5.97 Å². The van der Waals surface area contributed by atoms with Crippen molar-refractivity contribution in [1.82, 2.24) is 4.98 Å². The molecule has 5 nitrogen and oxygen atoms in total. The Kier molecular flexibility index (Phi) is 4.36. The highest BCUT2D eigenvalue weighted by molar-refractivity contribution is 6.31. The maximum Gasteiger partial charge on any atom is 0.307 e. The summed E-state index contributed by atoms with van der Waals surface area (Å²) in [5, 5.41) is 10.6. The number of hydrogen-bond donors (Lipinski definition) is 2. The van der Waals surface area contributed by atoms with E-state index in [0.29, 0.717) is 27.8 Å². The number of nitrogens with one attached hydrogen (secondary N) is 1. The number of hydrogen-bond acceptors (Lipinski definition) is 3. The van der Waals surface area contributed by atoms with Crippen molar-refractivity contribution in [3.8, 4) is 22.8 Å². The molecule has 0 unspecified atom stereocenters. The van der Waals surface area contributed by atoms with Gasteiger partial charge in [0.15, 0.2) is 11.5 Å². The minimum Gasteiger partial charge on any atom is -0.493 e. The average molecular weight is 346 g/mol. The molecule has 0 amide bonds. The number of para-hydroxylation sites is 1. The molecule has 0 atom stereocenters. The van der Waals surface area contributed by atoms with Crippen LogP contribution in [-0.4, -0.2) is 30.3 Å². The Morgan fingerprint density at radius 3 is 2.67 bits per heavy atom. The number of benzene rings is 2. The fourth-order valence-electron chi connectivity index (χ4n) is 2.87. The second-order valence-corrected chi connectivity index (χ2v) is 5.72. The van der Waals surface area contributed by atoms with Crippen molar-refractivity contribution in [3.05, 3.63) is 47.0 Å². The summed E-state index contributed by atoms with van der Waals surface area (Å²) < 4.78 is 10.8. The van der Waals surface area contributed by atoms with Crippen LogP contribution < -0.4 is 9.47 Å². The van der Waals surface area contributed by atoms with Gasteiger partial charge in [0.25, 0.3) is 0 Å². The van der Waals surface area contributed by atoms with Gasteiger partial charge in [-0.2, -0.15) is 0 Å². The number of fused-ring (bicyclic) bond motifs is 1. The normalized spacial score (nSPS) is 10.8. The van der Waals surface area contributed by atoms with Crippen LogP contribution >= 0.6 is 11.6 Å². The van der Waals surface area contributed by atoms with Crippen molar-refractivity contribution in [1.29, 1.82) is 0 Å². The first-order chi connectivity index (χ1) is 11.5. The molecule has 0 saturated heterocycles. The maximum atomic E-state index is 11.4. The van der Waals surface area contributed by atoms with E-state index in [4.69, 9.17) is 21.1 Å². The van der Waals surface area contributed by atoms with Gasteiger partial charge in [-0.05, 0) is 35.9 Å². The predicted octanol–water partition coefficient (Wildman–Crippen LogP) is 4.13. The predicted molar refractivity (Wildman–Crippen MR) is 93.2 cm³/mol. The highest BCUT2D eigenvalue weighted by Gasteiger charge is 2.20. The molecule has 0 spiro atoms. The van der Waals surface area contributed by atoms with Crippen LogP contribution in [0.5, 0.6) is 11.5 Å². The lowest BCUT2D eigenvalue weighted by Crippen LogP contribution is -2.02. The fraction of sp³-hybridized carbons (Fsp3) is 0.167. The topological polar surface area (TPSA) is 71.6 Å². The van der Waals surface area contributed by atoms with E-state index in [1.165, 1.54) is 0 Å². The smallest absolute Gasteiger partial charge is 0.307 e. The molecule has 1 aromatic heterocycles. The molecular weight excluding hydrogens is 330 g/mol. The summed E-state index contributed by atoms with van der Waals surface area (Å²) in [6, 6.07) is 10.8. The number of carboxylic acids is 1. The molecule has 0 saturated carbocycles. The zero-order chi connectivity index (χ0) is 17.3. The molecule has 0 aliphatic rings. The SMILES string of the molecule is COc1cccc(-c2[nH]c3ccc(Cl)cc3c2CC(=O)O)c1OC. The summed E-state index contributed by atoms with van der Waals surface area (Å²) >= 11 is 6.08. The number of carboxylic acid groups (broad SMARTS) is 1. The van der Waals surface area contributed by atoms with Gasteiger partial charge in [-0.25, -0.2) is 0 Å². The van der Waals surface area contributed by atoms with Crippen molar-refractivity contribution in [2.75, 3.05) is 14.2 Å². The summed E-state index contributed by atoms with van der Waals surface area (Å²) in [7, 11) is 3.11. The van der Waals surface area contributed by atoms with Gasteiger partial charge in [-0.15, -0.1) is 0 Å². The molecule has 6 heteroatoms. The molecule has 1 heterocycles. The quantitative estimate of drug-likeness (QED) is 0.729. The van der Waals surface area contributed by atoms with E-state index in [0.717, 1.165) is 16.5 Å². The van der Waals surface area contributed by atoms with Gasteiger partial charge < -0.3 is 19.6 Å². The third kappa shape index (κ3) is 2.78. The van der Waals surface area contributed by atoms with Gasteiger partial charge in [0.2, 0.25) is 0 Å². The van der Waals surface area contributed by atoms with Crippen LogP contribution in [-0.2, 0) is 11.2 Å². The molecule has 0 aliphatic heterocycles. The Hall–Kier alpha value is -2.66. The standard InChI is InChI=1S/C18H16ClNO4/c1-23-15-5-3-4-11(18(15)24-2)17-13(9-16(21)22)12-8-10(19)6-7-14(12)20-17/h3-8,20H,9H2,1-2H3,(H,21,22). The van der Waals surface area contributed by atoms with Crippen LogP contribution in [0.25, 0.3) is 22.2 Å². The van der Waals surface area contributed by atoms with Crippen LogP contribution in [0.4, 0.5) is 0 Å². The van der Waals surface area contributed by atoms with Crippen LogP contribution in [0, 0.1) is 0 Å². The maximum absolute atomic E-state index is 11.4. The van der Waals surface area contributed by atoms with Gasteiger partial charge in [0, 0.05) is 21.5 Å². The molecule has 0 radical (unpaired) electrons. The highest BCUT2D eigenvalue weighted by Crippen LogP contribution is 2.41. The summed E-state index contributed by atoms with van der Waals surface area (Å²) in [4.78, 5) is 14.6. The van der Waals surface area contributed by atoms with Crippen molar-refractivity contribution >= 4 is 28.5 Å². The van der Waals surface area contributed by atoms with E-state index in [1.807, 2.05) is 18.2 Å². The monoisotopic (exact) mass is 345 g/mol. The Morgan fingerprint density at radius 1 is 1.21 bits per heavy atom. The second-order valence-electron chi connectivity index (χ2n) is 5.28. The van der Waals surface area contributed by atoms with Crippen molar-refractivity contribution in [2.24, 2.45) is 0 Å². The molecule has 3 aromatic rings. The van der Waals surface area contributed by atoms with E-state index >= 15 is 0 Å². The number of ether oxygens (including phenoxy) is 2. The number of rotatable bonds is 5. The number of methoxy groups -OCH3 is 2. The molecular formula is C18H16ClNO4. The molecule has 2 N–H and O–H groups in total. The molecule has 0 aliphatic carbocycles. The van der Waals surface area contributed by atoms with Crippen LogP contribution in [0.3, 0.4) is 0 Å². The minimum absolute atomic E-state index is 0.129. The van der Waals surface area contributed by atoms with Gasteiger partial charge in [-0.3, -0.25) is 4.79 Å². The summed E-state index contributed by atoms with van der Waals surface area (Å²) in [6.07, 6.45) is -0.129. The Balaban J connectivity index is 2.32. The molecule has 3 rings (SSSR count). The molecule has 124 valence electrons. The number of carbonyl (C=O) groups is 1. The van der Waals surface area contributed by atoms with Gasteiger partial charge in [0.05, 0.1) is 26.3 Å². The van der Waals surface area contributed by atoms with E-state index in [2.05, 4.69) is 4.98 Å². The average Bonchev–Trinajstić information content (AvgIpc) is 2.91. The Bertz CT molecular complexity index is 917. The Morgan fingerprint density at radius 2 is 2.00 bits per heavy atom. The zero-order valence-electron chi connectivity index (χ0n) is 13.2. The van der Waals surface area contributed by atoms with Gasteiger partial charge in [0.1, 0.15) is 0 Å². The Labute approximate surface area is 143 Å². The van der Waals surface area contributed by atoms with Crippen LogP contribution in [0.15, 0.2) is 36.4 Å². The first kappa shape index (κ1) is 16.2. The van der Waals surface area contributed by atoms with Crippen LogP contribution in [0.1, 0.15) is 5.56 Å². The minimum atomic E-state index is -0.918. The lowest BCUT2D eigenvalue weighted by Gasteiger charge is -2.12. The number of aliphatic carboxylic acids is 1. The fourth-order valence-corrected chi connectivity index (χ4v) is 3.04. The van der Waals surface area contributed by atoms with Gasteiger partial charge in [-0.1, -0.05) is 17.7 Å². The third-order valence-electron chi connectivity index (χ3n) is 3.87. The second kappa shape index (κ2) is 6.45. The highest BCUT2D eigenvalue weighted by atomic mass is 35.5. The first-order valence-corrected chi connectivity index (χ1v) is 7.66. The number of halogens is 1. The summed E-state index contributed by atoms with van der Waals surface area (Å²) in [5.41, 5.74) is 2.90. The van der Waals surface area contributed by atoms with E-state index < -0.39 is 5.97 Å². The molecule has 24 heavy (non-hydrogen) atoms. The lowest BCUT2D eigenvalue weighted by molar-refractivity contribution is -0.136. The number of H-pyrrole nitrogens is 1. The molecule has 0 bridgehead atoms. The summed E-state index contributed by atoms with van der Waals surface area (Å²) in [6.45, 7) is 0. The number of aromatic amines is 1. The lowest BCUT2D eigenvalue weighted by atomic mass is 10.0. The van der Waals surface area contributed by atoms with Crippen molar-refractivity contribution in [2.45, 2.75) is 6.42 Å². The van der Waals surface area contributed by atoms with Crippen molar-refractivity contribution in [3.63, 3.8) is 0 Å². The molecule has 0 fully saturated rings. The van der Waals surface area contributed by atoms with Crippen molar-refractivity contribution < 1.29 is 19.4 Å². The first-order valence-electron chi connectivity index (χ1n) is 7.28. The summed E-state index contributed by atoms with van der Waals surface area (Å²) in [5.74, 6) is 0.205. The van der Waals surface area contributed by atoms with Crippen LogP contribution in [0.2, 0.25) is 5.02 Å². The van der Waals surface area contributed by atoms with E-state index in [9.17, 15) is 9.90 Å². The molecule has 2 aromatic carbocycles. The third-order valence-corrected chi connectivity index (χ3v) is 4.10. The largest absolute Gasteiger partial charge is 0.493 e. The zero-order valence-corrected chi connectivity index (χ0v) is 14.0.